The van der Waals surface area contributed by atoms with Crippen LogP contribution in [0.25, 0.3) is 5.69 Å². The van der Waals surface area contributed by atoms with Gasteiger partial charge in [-0.3, -0.25) is 0 Å². The van der Waals surface area contributed by atoms with Gasteiger partial charge in [0.15, 0.2) is 0 Å². The van der Waals surface area contributed by atoms with Gasteiger partial charge in [-0.2, -0.15) is 0 Å². The lowest BCUT2D eigenvalue weighted by Crippen LogP contribution is -2.30. The van der Waals surface area contributed by atoms with Crippen LogP contribution in [0.5, 0.6) is 0 Å². The second kappa shape index (κ2) is 6.26. The number of hydrogen-bond acceptors (Lipinski definition) is 4. The predicted octanol–water partition coefficient (Wildman–Crippen LogP) is 0.850. The fourth-order valence-corrected chi connectivity index (χ4v) is 2.10. The summed E-state index contributed by atoms with van der Waals surface area (Å²) >= 11 is 0. The molecular formula is C14H19N3O2. The molecule has 0 aliphatic carbocycles. The molecule has 5 heteroatoms. The van der Waals surface area contributed by atoms with Crippen molar-refractivity contribution in [1.29, 1.82) is 0 Å². The number of anilines is 2. The van der Waals surface area contributed by atoms with Crippen molar-refractivity contribution >= 4 is 11.4 Å². The normalized spacial score (nSPS) is 10.6. The molecule has 0 fully saturated rings. The highest BCUT2D eigenvalue weighted by molar-refractivity contribution is 5.68. The summed E-state index contributed by atoms with van der Waals surface area (Å²) < 4.78 is 1.97. The Bertz CT molecular complexity index is 505. The molecule has 102 valence electrons. The second-order valence-electron chi connectivity index (χ2n) is 4.27. The summed E-state index contributed by atoms with van der Waals surface area (Å²) in [6.45, 7) is 1.02. The Morgan fingerprint density at radius 2 is 1.68 bits per heavy atom. The third-order valence-electron chi connectivity index (χ3n) is 2.96. The lowest BCUT2D eigenvalue weighted by atomic mass is 10.2. The first-order valence-electron chi connectivity index (χ1n) is 6.26. The summed E-state index contributed by atoms with van der Waals surface area (Å²) in [4.78, 5) is 1.94. The average molecular weight is 261 g/mol. The molecule has 0 unspecified atom stereocenters. The van der Waals surface area contributed by atoms with Crippen LogP contribution in [0.15, 0.2) is 42.7 Å². The summed E-state index contributed by atoms with van der Waals surface area (Å²) in [6, 6.07) is 9.50. The maximum atomic E-state index is 9.15. The standard InChI is InChI=1S/C14H19N3O2/c15-12-3-4-13(17(7-9-18)8-10-19)14(11-12)16-5-1-2-6-16/h1-6,11,18-19H,7-10,15H2. The Hall–Kier alpha value is -1.98. The molecule has 1 aromatic carbocycles. The van der Waals surface area contributed by atoms with E-state index in [4.69, 9.17) is 15.9 Å². The average Bonchev–Trinajstić information content (AvgIpc) is 2.92. The number of aliphatic hydroxyl groups is 2. The molecule has 0 spiro atoms. The van der Waals surface area contributed by atoms with Crippen molar-refractivity contribution in [2.45, 2.75) is 0 Å². The van der Waals surface area contributed by atoms with Gasteiger partial charge in [-0.1, -0.05) is 0 Å². The summed E-state index contributed by atoms with van der Waals surface area (Å²) in [6.07, 6.45) is 3.88. The highest BCUT2D eigenvalue weighted by Crippen LogP contribution is 2.26. The predicted molar refractivity (Wildman–Crippen MR) is 76.6 cm³/mol. The number of aromatic nitrogens is 1. The second-order valence-corrected chi connectivity index (χ2v) is 4.27. The van der Waals surface area contributed by atoms with E-state index in [0.29, 0.717) is 18.8 Å². The summed E-state index contributed by atoms with van der Waals surface area (Å²) in [5, 5.41) is 18.3. The number of rotatable bonds is 6. The molecule has 4 N–H and O–H groups in total. The Labute approximate surface area is 112 Å². The van der Waals surface area contributed by atoms with Gasteiger partial charge in [-0.05, 0) is 30.3 Å². The molecule has 0 aliphatic heterocycles. The highest BCUT2D eigenvalue weighted by Gasteiger charge is 2.12. The molecule has 19 heavy (non-hydrogen) atoms. The van der Waals surface area contributed by atoms with Crippen LogP contribution in [-0.4, -0.2) is 41.1 Å². The third-order valence-corrected chi connectivity index (χ3v) is 2.96. The van der Waals surface area contributed by atoms with E-state index in [9.17, 15) is 0 Å². The Balaban J connectivity index is 2.43. The monoisotopic (exact) mass is 261 g/mol. The SMILES string of the molecule is Nc1ccc(N(CCO)CCO)c(-n2cccc2)c1. The summed E-state index contributed by atoms with van der Waals surface area (Å²) in [5.41, 5.74) is 8.41. The van der Waals surface area contributed by atoms with Gasteiger partial charge in [-0.25, -0.2) is 0 Å². The largest absolute Gasteiger partial charge is 0.399 e. The zero-order valence-electron chi connectivity index (χ0n) is 10.7. The van der Waals surface area contributed by atoms with Gasteiger partial charge in [-0.15, -0.1) is 0 Å². The Kier molecular flexibility index (Phi) is 4.43. The van der Waals surface area contributed by atoms with Crippen molar-refractivity contribution in [3.05, 3.63) is 42.7 Å². The smallest absolute Gasteiger partial charge is 0.0705 e. The maximum absolute atomic E-state index is 9.15. The van der Waals surface area contributed by atoms with Crippen molar-refractivity contribution < 1.29 is 10.2 Å². The molecule has 2 aromatic rings. The van der Waals surface area contributed by atoms with Gasteiger partial charge >= 0.3 is 0 Å². The highest BCUT2D eigenvalue weighted by atomic mass is 16.3. The van der Waals surface area contributed by atoms with Gasteiger partial charge in [0, 0.05) is 31.2 Å². The molecule has 0 aliphatic rings. The Morgan fingerprint density at radius 1 is 1.05 bits per heavy atom. The number of hydrogen-bond donors (Lipinski definition) is 3. The molecule has 0 radical (unpaired) electrons. The van der Waals surface area contributed by atoms with Crippen molar-refractivity contribution in [2.75, 3.05) is 36.9 Å². The fraction of sp³-hybridized carbons (Fsp3) is 0.286. The first-order chi connectivity index (χ1) is 9.26. The van der Waals surface area contributed by atoms with Crippen LogP contribution in [0.3, 0.4) is 0 Å². The van der Waals surface area contributed by atoms with Crippen LogP contribution < -0.4 is 10.6 Å². The van der Waals surface area contributed by atoms with Crippen LogP contribution in [0, 0.1) is 0 Å². The number of nitrogens with zero attached hydrogens (tertiary/aromatic N) is 2. The molecule has 1 aromatic heterocycles. The van der Waals surface area contributed by atoms with E-state index in [-0.39, 0.29) is 13.2 Å². The summed E-state index contributed by atoms with van der Waals surface area (Å²) in [7, 11) is 0. The van der Waals surface area contributed by atoms with E-state index < -0.39 is 0 Å². The van der Waals surface area contributed by atoms with E-state index in [1.165, 1.54) is 0 Å². The number of nitrogens with two attached hydrogens (primary N) is 1. The van der Waals surface area contributed by atoms with E-state index in [1.54, 1.807) is 0 Å². The van der Waals surface area contributed by atoms with Crippen LogP contribution in [0.1, 0.15) is 0 Å². The number of aliphatic hydroxyl groups excluding tert-OH is 2. The first kappa shape index (κ1) is 13.5. The van der Waals surface area contributed by atoms with Crippen molar-refractivity contribution in [2.24, 2.45) is 0 Å². The lowest BCUT2D eigenvalue weighted by molar-refractivity contribution is 0.281. The zero-order valence-corrected chi connectivity index (χ0v) is 10.7. The number of benzene rings is 1. The lowest BCUT2D eigenvalue weighted by Gasteiger charge is -2.26. The minimum atomic E-state index is 0.0372. The first-order valence-corrected chi connectivity index (χ1v) is 6.26. The van der Waals surface area contributed by atoms with Crippen LogP contribution in [-0.2, 0) is 0 Å². The number of nitrogen functional groups attached to an aromatic ring is 1. The molecule has 0 saturated carbocycles. The van der Waals surface area contributed by atoms with E-state index in [0.717, 1.165) is 11.4 Å². The van der Waals surface area contributed by atoms with E-state index in [1.807, 2.05) is 52.2 Å². The topological polar surface area (TPSA) is 74.7 Å². The molecule has 0 atom stereocenters. The molecular weight excluding hydrogens is 242 g/mol. The van der Waals surface area contributed by atoms with Crippen LogP contribution >= 0.6 is 0 Å². The third kappa shape index (κ3) is 3.07. The molecule has 0 saturated heterocycles. The minimum absolute atomic E-state index is 0.0372. The molecule has 1 heterocycles. The molecule has 5 nitrogen and oxygen atoms in total. The van der Waals surface area contributed by atoms with Crippen LogP contribution in [0.2, 0.25) is 0 Å². The van der Waals surface area contributed by atoms with Crippen molar-refractivity contribution in [3.63, 3.8) is 0 Å². The van der Waals surface area contributed by atoms with Gasteiger partial charge in [0.1, 0.15) is 0 Å². The van der Waals surface area contributed by atoms with E-state index >= 15 is 0 Å². The molecule has 0 amide bonds. The Morgan fingerprint density at radius 3 is 2.26 bits per heavy atom. The summed E-state index contributed by atoms with van der Waals surface area (Å²) in [5.74, 6) is 0. The quantitative estimate of drug-likeness (QED) is 0.674. The van der Waals surface area contributed by atoms with E-state index in [2.05, 4.69) is 0 Å². The maximum Gasteiger partial charge on any atom is 0.0705 e. The van der Waals surface area contributed by atoms with Crippen molar-refractivity contribution in [3.8, 4) is 5.69 Å². The van der Waals surface area contributed by atoms with Gasteiger partial charge in [0.2, 0.25) is 0 Å². The molecule has 0 bridgehead atoms. The fourth-order valence-electron chi connectivity index (χ4n) is 2.10. The molecule has 2 rings (SSSR count). The minimum Gasteiger partial charge on any atom is -0.399 e. The van der Waals surface area contributed by atoms with Gasteiger partial charge in [0.05, 0.1) is 24.6 Å². The zero-order chi connectivity index (χ0) is 13.7. The van der Waals surface area contributed by atoms with Crippen LogP contribution in [0.4, 0.5) is 11.4 Å². The van der Waals surface area contributed by atoms with Gasteiger partial charge < -0.3 is 25.4 Å². The van der Waals surface area contributed by atoms with Gasteiger partial charge in [0.25, 0.3) is 0 Å². The van der Waals surface area contributed by atoms with Crippen molar-refractivity contribution in [1.82, 2.24) is 4.57 Å².